The van der Waals surface area contributed by atoms with Gasteiger partial charge in [0.1, 0.15) is 5.82 Å². The maximum atomic E-state index is 6.31. The van der Waals surface area contributed by atoms with E-state index >= 15 is 0 Å². The van der Waals surface area contributed by atoms with Gasteiger partial charge in [0.2, 0.25) is 0 Å². The first-order chi connectivity index (χ1) is 9.60. The lowest BCUT2D eigenvalue weighted by Crippen LogP contribution is -2.19. The van der Waals surface area contributed by atoms with Crippen LogP contribution in [0.4, 0.5) is 5.82 Å². The molecule has 0 unspecified atom stereocenters. The summed E-state index contributed by atoms with van der Waals surface area (Å²) in [5.41, 5.74) is 3.09. The Morgan fingerprint density at radius 2 is 2.15 bits per heavy atom. The average Bonchev–Trinajstić information content (AvgIpc) is 2.39. The molecular formula is C15H19ClN4. The van der Waals surface area contributed by atoms with Crippen LogP contribution >= 0.6 is 11.6 Å². The normalized spacial score (nSPS) is 10.6. The molecule has 0 amide bonds. The van der Waals surface area contributed by atoms with Gasteiger partial charge >= 0.3 is 0 Å². The highest BCUT2D eigenvalue weighted by Gasteiger charge is 2.10. The Kier molecular flexibility index (Phi) is 4.93. The van der Waals surface area contributed by atoms with Crippen LogP contribution in [0.3, 0.4) is 0 Å². The molecule has 0 aromatic carbocycles. The second-order valence-corrected chi connectivity index (χ2v) is 5.21. The molecule has 0 spiro atoms. The molecule has 20 heavy (non-hydrogen) atoms. The molecule has 0 radical (unpaired) electrons. The third-order valence-corrected chi connectivity index (χ3v) is 3.24. The van der Waals surface area contributed by atoms with Crippen molar-refractivity contribution in [2.24, 2.45) is 0 Å². The predicted octanol–water partition coefficient (Wildman–Crippen LogP) is 2.79. The van der Waals surface area contributed by atoms with Gasteiger partial charge in [0, 0.05) is 25.5 Å². The van der Waals surface area contributed by atoms with E-state index in [2.05, 4.69) is 15.3 Å². The van der Waals surface area contributed by atoms with E-state index in [1.807, 2.05) is 56.4 Å². The van der Waals surface area contributed by atoms with E-state index in [0.29, 0.717) is 11.6 Å². The van der Waals surface area contributed by atoms with Crippen molar-refractivity contribution >= 4 is 17.4 Å². The van der Waals surface area contributed by atoms with Gasteiger partial charge in [-0.05, 0) is 37.7 Å². The van der Waals surface area contributed by atoms with Gasteiger partial charge in [-0.25, -0.2) is 4.98 Å². The van der Waals surface area contributed by atoms with Crippen LogP contribution in [0, 0.1) is 6.92 Å². The largest absolute Gasteiger partial charge is 0.353 e. The molecule has 2 aromatic rings. The van der Waals surface area contributed by atoms with Gasteiger partial charge < -0.3 is 10.2 Å². The zero-order valence-corrected chi connectivity index (χ0v) is 12.8. The standard InChI is InChI=1S/C15H19ClN4/c1-11-5-4-6-13(19-11)10-20(3)15-14(16)7-12(8-17-2)9-18-15/h4-7,9,17H,8,10H2,1-3H3. The van der Waals surface area contributed by atoms with Gasteiger partial charge in [-0.1, -0.05) is 17.7 Å². The fourth-order valence-electron chi connectivity index (χ4n) is 2.06. The Morgan fingerprint density at radius 3 is 2.80 bits per heavy atom. The lowest BCUT2D eigenvalue weighted by molar-refractivity contribution is 0.808. The molecule has 2 aromatic heterocycles. The zero-order valence-electron chi connectivity index (χ0n) is 12.0. The first kappa shape index (κ1) is 14.8. The van der Waals surface area contributed by atoms with Crippen molar-refractivity contribution in [3.05, 3.63) is 52.4 Å². The monoisotopic (exact) mass is 290 g/mol. The third-order valence-electron chi connectivity index (χ3n) is 2.97. The highest BCUT2D eigenvalue weighted by atomic mass is 35.5. The predicted molar refractivity (Wildman–Crippen MR) is 83.1 cm³/mol. The molecule has 0 saturated carbocycles. The number of anilines is 1. The highest BCUT2D eigenvalue weighted by molar-refractivity contribution is 6.33. The van der Waals surface area contributed by atoms with Crippen LogP contribution in [0.5, 0.6) is 0 Å². The first-order valence-corrected chi connectivity index (χ1v) is 6.90. The molecule has 0 bridgehead atoms. The van der Waals surface area contributed by atoms with Crippen molar-refractivity contribution in [3.8, 4) is 0 Å². The minimum atomic E-state index is 0.660. The lowest BCUT2D eigenvalue weighted by atomic mass is 10.2. The fraction of sp³-hybridized carbons (Fsp3) is 0.333. The quantitative estimate of drug-likeness (QED) is 0.919. The molecule has 2 rings (SSSR count). The molecule has 0 fully saturated rings. The summed E-state index contributed by atoms with van der Waals surface area (Å²) in [4.78, 5) is 10.9. The summed E-state index contributed by atoms with van der Waals surface area (Å²) in [6, 6.07) is 7.95. The molecule has 0 aliphatic carbocycles. The number of hydrogen-bond donors (Lipinski definition) is 1. The Morgan fingerprint density at radius 1 is 1.35 bits per heavy atom. The Balaban J connectivity index is 2.14. The number of nitrogens with zero attached hydrogens (tertiary/aromatic N) is 3. The lowest BCUT2D eigenvalue weighted by Gasteiger charge is -2.19. The Hall–Kier alpha value is -1.65. The van der Waals surface area contributed by atoms with Crippen molar-refractivity contribution in [1.82, 2.24) is 15.3 Å². The van der Waals surface area contributed by atoms with Crippen molar-refractivity contribution in [2.75, 3.05) is 19.0 Å². The van der Waals surface area contributed by atoms with Crippen molar-refractivity contribution in [1.29, 1.82) is 0 Å². The summed E-state index contributed by atoms with van der Waals surface area (Å²) in [6.45, 7) is 3.43. The second kappa shape index (κ2) is 6.68. The molecule has 0 atom stereocenters. The maximum absolute atomic E-state index is 6.31. The van der Waals surface area contributed by atoms with Crippen LogP contribution in [0.25, 0.3) is 0 Å². The van der Waals surface area contributed by atoms with E-state index < -0.39 is 0 Å². The van der Waals surface area contributed by atoms with E-state index in [9.17, 15) is 0 Å². The van der Waals surface area contributed by atoms with Crippen LogP contribution < -0.4 is 10.2 Å². The summed E-state index contributed by atoms with van der Waals surface area (Å²) >= 11 is 6.31. The first-order valence-electron chi connectivity index (χ1n) is 6.53. The summed E-state index contributed by atoms with van der Waals surface area (Å²) < 4.78 is 0. The number of hydrogen-bond acceptors (Lipinski definition) is 4. The molecule has 0 saturated heterocycles. The van der Waals surface area contributed by atoms with Crippen LogP contribution in [-0.4, -0.2) is 24.1 Å². The van der Waals surface area contributed by atoms with Gasteiger partial charge in [0.25, 0.3) is 0 Å². The van der Waals surface area contributed by atoms with Crippen LogP contribution in [0.1, 0.15) is 17.0 Å². The van der Waals surface area contributed by atoms with Gasteiger partial charge in [0.05, 0.1) is 17.3 Å². The SMILES string of the molecule is CNCc1cnc(N(C)Cc2cccc(C)n2)c(Cl)c1. The summed E-state index contributed by atoms with van der Waals surface area (Å²) in [5.74, 6) is 0.773. The zero-order chi connectivity index (χ0) is 14.5. The maximum Gasteiger partial charge on any atom is 0.147 e. The topological polar surface area (TPSA) is 41.1 Å². The number of pyridine rings is 2. The van der Waals surface area contributed by atoms with E-state index in [4.69, 9.17) is 11.6 Å². The van der Waals surface area contributed by atoms with Crippen LogP contribution in [0.15, 0.2) is 30.5 Å². The van der Waals surface area contributed by atoms with Gasteiger partial charge in [0.15, 0.2) is 0 Å². The van der Waals surface area contributed by atoms with Crippen LogP contribution in [0.2, 0.25) is 5.02 Å². The number of nitrogens with one attached hydrogen (secondary N) is 1. The van der Waals surface area contributed by atoms with E-state index in [-0.39, 0.29) is 0 Å². The van der Waals surface area contributed by atoms with Crippen molar-refractivity contribution in [3.63, 3.8) is 0 Å². The van der Waals surface area contributed by atoms with E-state index in [1.54, 1.807) is 0 Å². The summed E-state index contributed by atoms with van der Waals surface area (Å²) in [6.07, 6.45) is 1.85. The number of rotatable bonds is 5. The van der Waals surface area contributed by atoms with Crippen LogP contribution in [-0.2, 0) is 13.1 Å². The Bertz CT molecular complexity index is 586. The fourth-order valence-corrected chi connectivity index (χ4v) is 2.39. The molecule has 106 valence electrons. The summed E-state index contributed by atoms with van der Waals surface area (Å²) in [7, 11) is 3.87. The Labute approximate surface area is 124 Å². The molecular weight excluding hydrogens is 272 g/mol. The number of halogens is 1. The molecule has 1 N–H and O–H groups in total. The van der Waals surface area contributed by atoms with Crippen molar-refractivity contribution in [2.45, 2.75) is 20.0 Å². The third kappa shape index (κ3) is 3.68. The smallest absolute Gasteiger partial charge is 0.147 e. The minimum Gasteiger partial charge on any atom is -0.353 e. The average molecular weight is 291 g/mol. The highest BCUT2D eigenvalue weighted by Crippen LogP contribution is 2.24. The van der Waals surface area contributed by atoms with Gasteiger partial charge in [-0.3, -0.25) is 4.98 Å². The second-order valence-electron chi connectivity index (χ2n) is 4.81. The number of aromatic nitrogens is 2. The summed E-state index contributed by atoms with van der Waals surface area (Å²) in [5, 5.41) is 3.74. The molecule has 4 nitrogen and oxygen atoms in total. The molecule has 0 aliphatic heterocycles. The van der Waals surface area contributed by atoms with Gasteiger partial charge in [-0.2, -0.15) is 0 Å². The minimum absolute atomic E-state index is 0.660. The van der Waals surface area contributed by atoms with E-state index in [0.717, 1.165) is 29.3 Å². The van der Waals surface area contributed by atoms with E-state index in [1.165, 1.54) is 0 Å². The molecule has 2 heterocycles. The van der Waals surface area contributed by atoms with Gasteiger partial charge in [-0.15, -0.1) is 0 Å². The van der Waals surface area contributed by atoms with Crippen molar-refractivity contribution < 1.29 is 0 Å². The molecule has 0 aliphatic rings. The molecule has 5 heteroatoms. The number of aryl methyl sites for hydroxylation is 1.